The first-order valence-corrected chi connectivity index (χ1v) is 7.42. The number of ether oxygens (including phenoxy) is 2. The number of hydrogen-bond donors (Lipinski definition) is 1. The van der Waals surface area contributed by atoms with Crippen molar-refractivity contribution >= 4 is 11.7 Å². The third kappa shape index (κ3) is 2.74. The van der Waals surface area contributed by atoms with Crippen LogP contribution in [0.2, 0.25) is 0 Å². The van der Waals surface area contributed by atoms with E-state index in [1.165, 1.54) is 19.2 Å². The summed E-state index contributed by atoms with van der Waals surface area (Å²) < 4.78 is 23.9. The highest BCUT2D eigenvalue weighted by atomic mass is 19.1. The normalized spacial score (nSPS) is 16.4. The molecule has 0 bridgehead atoms. The van der Waals surface area contributed by atoms with Gasteiger partial charge in [-0.2, -0.15) is 0 Å². The topological polar surface area (TPSA) is 61.5 Å². The molecule has 2 N–H and O–H groups in total. The van der Waals surface area contributed by atoms with Gasteiger partial charge in [-0.25, -0.2) is 9.18 Å². The van der Waals surface area contributed by atoms with Crippen molar-refractivity contribution in [1.82, 2.24) is 0 Å². The van der Waals surface area contributed by atoms with E-state index in [0.717, 1.165) is 16.7 Å². The number of carbonyl (C=O) groups excluding carboxylic acids is 1. The summed E-state index contributed by atoms with van der Waals surface area (Å²) in [6, 6.07) is 8.05. The number of halogens is 1. The van der Waals surface area contributed by atoms with E-state index in [4.69, 9.17) is 15.2 Å². The van der Waals surface area contributed by atoms with E-state index in [1.807, 2.05) is 13.0 Å². The fourth-order valence-electron chi connectivity index (χ4n) is 3.01. The Hall–Kier alpha value is -2.56. The second-order valence-electron chi connectivity index (χ2n) is 5.66. The monoisotopic (exact) mass is 315 g/mol. The van der Waals surface area contributed by atoms with Crippen LogP contribution >= 0.6 is 0 Å². The smallest absolute Gasteiger partial charge is 0.338 e. The lowest BCUT2D eigenvalue weighted by atomic mass is 9.83. The van der Waals surface area contributed by atoms with Crippen LogP contribution in [-0.2, 0) is 4.74 Å². The van der Waals surface area contributed by atoms with Crippen LogP contribution in [0.5, 0.6) is 5.75 Å². The quantitative estimate of drug-likeness (QED) is 0.681. The average Bonchev–Trinajstić information content (AvgIpc) is 2.55. The lowest BCUT2D eigenvalue weighted by molar-refractivity contribution is 0.0599. The number of fused-ring (bicyclic) bond motifs is 1. The number of carbonyl (C=O) groups is 1. The van der Waals surface area contributed by atoms with Gasteiger partial charge in [0.15, 0.2) is 0 Å². The average molecular weight is 315 g/mol. The Balaban J connectivity index is 2.16. The van der Waals surface area contributed by atoms with Crippen LogP contribution in [0, 0.1) is 12.7 Å². The number of rotatable bonds is 2. The van der Waals surface area contributed by atoms with Crippen molar-refractivity contribution in [3.05, 3.63) is 58.4 Å². The lowest BCUT2D eigenvalue weighted by Gasteiger charge is -2.28. The molecule has 0 amide bonds. The van der Waals surface area contributed by atoms with Gasteiger partial charge in [-0.3, -0.25) is 0 Å². The summed E-state index contributed by atoms with van der Waals surface area (Å²) in [6.45, 7) is 2.36. The molecule has 0 aliphatic carbocycles. The third-order valence-electron chi connectivity index (χ3n) is 4.23. The van der Waals surface area contributed by atoms with Crippen LogP contribution in [0.25, 0.3) is 0 Å². The zero-order valence-electron chi connectivity index (χ0n) is 13.1. The maximum absolute atomic E-state index is 13.4. The van der Waals surface area contributed by atoms with Crippen LogP contribution in [0.3, 0.4) is 0 Å². The first kappa shape index (κ1) is 15.3. The first-order chi connectivity index (χ1) is 11.0. The molecule has 1 aliphatic heterocycles. The van der Waals surface area contributed by atoms with Gasteiger partial charge in [0.05, 0.1) is 19.3 Å². The molecule has 2 aromatic rings. The molecule has 0 aromatic heterocycles. The van der Waals surface area contributed by atoms with Crippen LogP contribution in [0.1, 0.15) is 39.4 Å². The van der Waals surface area contributed by atoms with E-state index < -0.39 is 5.97 Å². The van der Waals surface area contributed by atoms with Gasteiger partial charge in [-0.05, 0) is 36.6 Å². The number of aryl methyl sites for hydroxylation is 1. The first-order valence-electron chi connectivity index (χ1n) is 7.42. The molecule has 1 heterocycles. The zero-order chi connectivity index (χ0) is 16.6. The van der Waals surface area contributed by atoms with Crippen molar-refractivity contribution in [2.24, 2.45) is 0 Å². The van der Waals surface area contributed by atoms with Crippen molar-refractivity contribution < 1.29 is 18.7 Å². The molecule has 5 heteroatoms. The maximum atomic E-state index is 13.4. The molecule has 1 unspecified atom stereocenters. The second-order valence-corrected chi connectivity index (χ2v) is 5.66. The zero-order valence-corrected chi connectivity index (χ0v) is 13.1. The number of methoxy groups -OCH3 is 1. The van der Waals surface area contributed by atoms with Crippen molar-refractivity contribution in [2.45, 2.75) is 19.3 Å². The van der Waals surface area contributed by atoms with E-state index in [-0.39, 0.29) is 11.7 Å². The molecule has 0 fully saturated rings. The highest BCUT2D eigenvalue weighted by Crippen LogP contribution is 2.40. The number of esters is 1. The molecule has 23 heavy (non-hydrogen) atoms. The summed E-state index contributed by atoms with van der Waals surface area (Å²) in [7, 11) is 1.34. The Labute approximate surface area is 134 Å². The summed E-state index contributed by atoms with van der Waals surface area (Å²) in [6.07, 6.45) is 0.700. The van der Waals surface area contributed by atoms with Gasteiger partial charge < -0.3 is 15.2 Å². The van der Waals surface area contributed by atoms with Gasteiger partial charge >= 0.3 is 5.97 Å². The van der Waals surface area contributed by atoms with Crippen molar-refractivity contribution in [3.63, 3.8) is 0 Å². The maximum Gasteiger partial charge on any atom is 0.338 e. The third-order valence-corrected chi connectivity index (χ3v) is 4.23. The van der Waals surface area contributed by atoms with Crippen LogP contribution in [0.4, 0.5) is 10.1 Å². The Bertz CT molecular complexity index is 773. The summed E-state index contributed by atoms with van der Waals surface area (Å²) in [5.41, 5.74) is 9.52. The van der Waals surface area contributed by atoms with Crippen molar-refractivity contribution in [1.29, 1.82) is 0 Å². The van der Waals surface area contributed by atoms with Gasteiger partial charge in [0.1, 0.15) is 11.6 Å². The van der Waals surface area contributed by atoms with Crippen molar-refractivity contribution in [2.75, 3.05) is 19.5 Å². The van der Waals surface area contributed by atoms with E-state index in [2.05, 4.69) is 0 Å². The van der Waals surface area contributed by atoms with Gasteiger partial charge in [-0.1, -0.05) is 12.1 Å². The molecule has 3 rings (SSSR count). The van der Waals surface area contributed by atoms with Gasteiger partial charge in [-0.15, -0.1) is 0 Å². The molecule has 2 aromatic carbocycles. The molecule has 4 nitrogen and oxygen atoms in total. The molecule has 0 saturated carbocycles. The van der Waals surface area contributed by atoms with E-state index >= 15 is 0 Å². The van der Waals surface area contributed by atoms with E-state index in [1.54, 1.807) is 12.1 Å². The minimum absolute atomic E-state index is 0.0623. The van der Waals surface area contributed by atoms with Gasteiger partial charge in [0.25, 0.3) is 0 Å². The summed E-state index contributed by atoms with van der Waals surface area (Å²) in [5.74, 6) is -0.313. The Kier molecular flexibility index (Phi) is 3.94. The molecule has 120 valence electrons. The highest BCUT2D eigenvalue weighted by molar-refractivity contribution is 5.93. The van der Waals surface area contributed by atoms with Crippen LogP contribution in [-0.4, -0.2) is 19.7 Å². The number of nitrogens with two attached hydrogens (primary N) is 1. The summed E-state index contributed by atoms with van der Waals surface area (Å²) >= 11 is 0. The molecular weight excluding hydrogens is 297 g/mol. The fraction of sp³-hybridized carbons (Fsp3) is 0.278. The Morgan fingerprint density at radius 3 is 2.83 bits per heavy atom. The molecule has 1 aliphatic rings. The van der Waals surface area contributed by atoms with Crippen LogP contribution < -0.4 is 10.5 Å². The fourth-order valence-corrected chi connectivity index (χ4v) is 3.01. The minimum atomic E-state index is -0.429. The number of anilines is 1. The Morgan fingerprint density at radius 2 is 2.09 bits per heavy atom. The summed E-state index contributed by atoms with van der Waals surface area (Å²) in [5, 5.41) is 0. The van der Waals surface area contributed by atoms with E-state index in [9.17, 15) is 9.18 Å². The highest BCUT2D eigenvalue weighted by Gasteiger charge is 2.28. The molecule has 0 spiro atoms. The van der Waals surface area contributed by atoms with Crippen LogP contribution in [0.15, 0.2) is 30.3 Å². The molecule has 1 atom stereocenters. The van der Waals surface area contributed by atoms with Crippen molar-refractivity contribution in [3.8, 4) is 5.75 Å². The molecular formula is C18H18FNO3. The predicted octanol–water partition coefficient (Wildman–Crippen LogP) is 3.42. The largest absolute Gasteiger partial charge is 0.493 e. The SMILES string of the molecule is COC(=O)c1cc(N)c(C)cc1C1CCOc2cc(F)ccc21. The minimum Gasteiger partial charge on any atom is -0.493 e. The summed E-state index contributed by atoms with van der Waals surface area (Å²) in [4.78, 5) is 12.1. The predicted molar refractivity (Wildman–Crippen MR) is 85.3 cm³/mol. The van der Waals surface area contributed by atoms with E-state index in [0.29, 0.717) is 30.0 Å². The standard InChI is InChI=1S/C18H18FNO3/c1-10-7-14(15(9-16(10)20)18(21)22-2)12-5-6-23-17-8-11(19)3-4-13(12)17/h3-4,7-9,12H,5-6,20H2,1-2H3. The van der Waals surface area contributed by atoms with Gasteiger partial charge in [0, 0.05) is 23.2 Å². The Morgan fingerprint density at radius 1 is 1.30 bits per heavy atom. The van der Waals surface area contributed by atoms with Gasteiger partial charge in [0.2, 0.25) is 0 Å². The number of hydrogen-bond acceptors (Lipinski definition) is 4. The molecule has 0 radical (unpaired) electrons. The number of nitrogen functional groups attached to an aromatic ring is 1. The second kappa shape index (κ2) is 5.91. The lowest BCUT2D eigenvalue weighted by Crippen LogP contribution is -2.19. The number of benzene rings is 2. The molecule has 0 saturated heterocycles.